The molecule has 0 bridgehead atoms. The predicted octanol–water partition coefficient (Wildman–Crippen LogP) is -22.9. The van der Waals surface area contributed by atoms with E-state index < -0.39 is 420 Å². The lowest BCUT2D eigenvalue weighted by Crippen LogP contribution is -2.71. The predicted molar refractivity (Wildman–Crippen MR) is 405 cm³/mol. The molecule has 0 aromatic heterocycles. The molecule has 59 heteroatoms. The van der Waals surface area contributed by atoms with Crippen molar-refractivity contribution in [2.75, 3.05) is 66.1 Å². The van der Waals surface area contributed by atoms with Crippen LogP contribution < -0.4 is 26.6 Å². The first-order chi connectivity index (χ1) is 62.3. The molecular formula is C73H121N5O54. The molecule has 762 valence electrons. The third-order valence-electron chi connectivity index (χ3n) is 23.8. The molecule has 51 atom stereocenters. The highest BCUT2D eigenvalue weighted by molar-refractivity contribution is 5.77. The van der Waals surface area contributed by atoms with Crippen LogP contribution in [-0.4, -0.2) is 562 Å². The average Bonchev–Trinajstić information content (AvgIpc) is 0.745. The molecule has 10 aliphatic rings. The smallest absolute Gasteiger partial charge is 0.364 e. The summed E-state index contributed by atoms with van der Waals surface area (Å²) in [6.45, 7) is -7.60. The lowest BCUT2D eigenvalue weighted by atomic mass is 9.88. The minimum atomic E-state index is -3.13. The van der Waals surface area contributed by atoms with Gasteiger partial charge >= 0.3 is 5.97 Å². The zero-order chi connectivity index (χ0) is 97.6. The number of ether oxygens (including phenoxy) is 19. The molecule has 0 aliphatic carbocycles. The van der Waals surface area contributed by atoms with Crippen molar-refractivity contribution in [1.82, 2.24) is 26.6 Å². The zero-order valence-electron chi connectivity index (χ0n) is 70.8. The normalized spacial score (nSPS) is 47.2. The second-order valence-corrected chi connectivity index (χ2v) is 33.2. The van der Waals surface area contributed by atoms with E-state index in [2.05, 4.69) is 26.6 Å². The van der Waals surface area contributed by atoms with Crippen LogP contribution >= 0.6 is 0 Å². The van der Waals surface area contributed by atoms with Gasteiger partial charge < -0.3 is 265 Å². The fourth-order valence-corrected chi connectivity index (χ4v) is 16.9. The average molecular weight is 1930 g/mol. The highest BCUT2D eigenvalue weighted by Crippen LogP contribution is 2.43. The first-order valence-corrected chi connectivity index (χ1v) is 41.8. The quantitative estimate of drug-likeness (QED) is 0.0277. The summed E-state index contributed by atoms with van der Waals surface area (Å²) >= 11 is 0. The van der Waals surface area contributed by atoms with Crippen molar-refractivity contribution >= 4 is 35.5 Å². The number of carboxylic acids is 1. The number of aliphatic hydroxyl groups is 28. The maximum Gasteiger partial charge on any atom is 0.364 e. The van der Waals surface area contributed by atoms with Crippen LogP contribution in [0.4, 0.5) is 0 Å². The van der Waals surface area contributed by atoms with Gasteiger partial charge in [-0.1, -0.05) is 0 Å². The molecule has 10 aliphatic heterocycles. The molecule has 0 aromatic carbocycles. The fraction of sp³-hybridized carbons (Fsp3) is 0.918. The Kier molecular flexibility index (Phi) is 39.0. The number of carbonyl (C=O) groups is 6. The molecule has 34 N–H and O–H groups in total. The third kappa shape index (κ3) is 24.1. The van der Waals surface area contributed by atoms with Crippen molar-refractivity contribution in [3.8, 4) is 0 Å². The van der Waals surface area contributed by atoms with Gasteiger partial charge in [0.1, 0.15) is 238 Å². The second-order valence-electron chi connectivity index (χ2n) is 33.2. The van der Waals surface area contributed by atoms with Gasteiger partial charge in [-0.15, -0.1) is 0 Å². The van der Waals surface area contributed by atoms with Crippen molar-refractivity contribution in [2.45, 2.75) is 353 Å². The van der Waals surface area contributed by atoms with Gasteiger partial charge in [0.25, 0.3) is 5.79 Å². The number of nitrogens with one attached hydrogen (secondary N) is 5. The summed E-state index contributed by atoms with van der Waals surface area (Å²) in [6.07, 6.45) is -102. The minimum Gasteiger partial charge on any atom is -0.477 e. The maximum atomic E-state index is 13.4. The van der Waals surface area contributed by atoms with Crippen LogP contribution in [0, 0.1) is 0 Å². The Labute approximate surface area is 746 Å². The molecule has 0 spiro atoms. The topological polar surface area (TPSA) is 925 Å². The molecule has 10 fully saturated rings. The van der Waals surface area contributed by atoms with E-state index in [4.69, 9.17) is 90.0 Å². The monoisotopic (exact) mass is 1930 g/mol. The summed E-state index contributed by atoms with van der Waals surface area (Å²) in [7, 11) is 0. The van der Waals surface area contributed by atoms with Crippen LogP contribution in [-0.2, 0) is 119 Å². The van der Waals surface area contributed by atoms with E-state index in [0.29, 0.717) is 0 Å². The van der Waals surface area contributed by atoms with Crippen LogP contribution in [0.15, 0.2) is 0 Å². The Bertz CT molecular complexity index is 3680. The number of hydrogen-bond donors (Lipinski definition) is 34. The van der Waals surface area contributed by atoms with E-state index >= 15 is 0 Å². The molecule has 5 amide bonds. The van der Waals surface area contributed by atoms with Gasteiger partial charge in [-0.25, -0.2) is 4.79 Å². The van der Waals surface area contributed by atoms with Gasteiger partial charge in [0.2, 0.25) is 29.5 Å². The zero-order valence-corrected chi connectivity index (χ0v) is 70.8. The van der Waals surface area contributed by atoms with E-state index in [9.17, 15) is 177 Å². The summed E-state index contributed by atoms with van der Waals surface area (Å²) in [6, 6.07) is -9.67. The maximum absolute atomic E-state index is 13.4. The van der Waals surface area contributed by atoms with Crippen molar-refractivity contribution < 1.29 is 267 Å². The summed E-state index contributed by atoms with van der Waals surface area (Å²) in [4.78, 5) is 77.3. The fourth-order valence-electron chi connectivity index (χ4n) is 16.9. The van der Waals surface area contributed by atoms with E-state index in [1.165, 1.54) is 0 Å². The molecule has 59 nitrogen and oxygen atoms in total. The SMILES string of the molecule is CC(=O)N[C@H]1[C@H](O[C@H]2[C@H](O)[C@@H](NC(C)=O)C(O)O[C@@H]2CO)O[C@H](CO)[C@@H](O[C@@H]2O[C@H](CO[C@H]3O[C@H](CO)[C@@H](O)[C@H](O[C@H]4O[C@H](CO)[C@@H](O)[C@H](O)[C@@H]4O)[C@@H]3O)[C@@H](O[C@@H]3O[C@H](CO)[C@@H](O)[C@H](O)[C@H]3NC(C)=O)[C@H](O[C@H]3O[C@H](CO)[C@@H](O)[C@H](O)[C@@H]3O[C@@H]3O[C@H](CO)[C@@H](O[C@@H]4O[C@H](CO[C@]5(C(=O)O)C[C@H](O)[C@@H](NC(C)=O)[C@H]([C@H](O)[C@H](O)CO)O5)[C@H](O)[C@H](O)[C@H]4O)[C@H](O)[C@H]3NC(C)=O)[C@@H]2O)[C@@H]1O. The largest absolute Gasteiger partial charge is 0.477 e. The van der Waals surface area contributed by atoms with Crippen molar-refractivity contribution in [1.29, 1.82) is 0 Å². The number of carboxylic acid groups (broad SMARTS) is 1. The number of aliphatic hydroxyl groups excluding tert-OH is 28. The first kappa shape index (κ1) is 109. The molecule has 0 saturated carbocycles. The highest BCUT2D eigenvalue weighted by atomic mass is 16.8. The molecule has 0 radical (unpaired) electrons. The van der Waals surface area contributed by atoms with Crippen LogP contribution in [0.5, 0.6) is 0 Å². The third-order valence-corrected chi connectivity index (χ3v) is 23.8. The lowest BCUT2D eigenvalue weighted by molar-refractivity contribution is -0.408. The standard InChI is InChI=1S/C73H121N5O54/c1-17(87)74-33-22(92)6-73(72(112)113,132-59(33)38(94)23(93)7-79)115-16-31-42(98)49(105)52(108)69(123-31)126-56-29(13-85)122-66(37(47(56)103)78-21(5)91)131-62-50(106)41(97)26(10-82)120-71(62)130-61-54(110)70(127-57-30(14-86)121-65(36(46(57)102)77-20(4)90)125-55-28(12-84)116-63(111)34(45(55)101)75-18(2)88)124-32(58(61)128-64-35(76-19(3)89)44(100)39(95)24(8-80)117-64)15-114-67-53(109)60(43(99)27(11-83)118-67)129-68-51(107)48(104)40(96)25(9-81)119-68/h22-71,79-86,92-111H,6-16H2,1-5H3,(H,74,87)(H,75,88)(H,76,89)(H,77,90)(H,78,91)(H,112,113)/t22-,23+,24+,25+,26+,27+,28+,29+,30+,31+,32+,33+,34+,35+,36+,37+,38+,39+,40+,41+,42-,43+,44+,45+,46+,47+,48-,49-,50-,51-,52+,53-,54-,55+,56+,57+,58+,59+,60-,61+,62-,63?,64-,65-,66-,67-,68+,69-,70-,71+,73+/m0/s1. The van der Waals surface area contributed by atoms with Crippen LogP contribution in [0.1, 0.15) is 41.0 Å². The molecule has 1 unspecified atom stereocenters. The van der Waals surface area contributed by atoms with Crippen LogP contribution in [0.25, 0.3) is 0 Å². The van der Waals surface area contributed by atoms with Crippen LogP contribution in [0.2, 0.25) is 0 Å². The second kappa shape index (κ2) is 47.3. The number of amides is 5. The van der Waals surface area contributed by atoms with Gasteiger partial charge in [-0.2, -0.15) is 0 Å². The molecule has 10 saturated heterocycles. The Hall–Kier alpha value is -5.06. The van der Waals surface area contributed by atoms with Crippen molar-refractivity contribution in [2.24, 2.45) is 0 Å². The number of carbonyl (C=O) groups excluding carboxylic acids is 5. The Balaban J connectivity index is 1.03. The molecule has 132 heavy (non-hydrogen) atoms. The molecular weight excluding hydrogens is 1810 g/mol. The van der Waals surface area contributed by atoms with Gasteiger partial charge in [0.15, 0.2) is 56.6 Å². The van der Waals surface area contributed by atoms with Crippen molar-refractivity contribution in [3.05, 3.63) is 0 Å². The van der Waals surface area contributed by atoms with E-state index in [1.807, 2.05) is 0 Å². The van der Waals surface area contributed by atoms with E-state index in [1.54, 1.807) is 0 Å². The molecule has 0 aromatic rings. The molecule has 10 rings (SSSR count). The Morgan fingerprint density at radius 2 is 0.644 bits per heavy atom. The summed E-state index contributed by atoms with van der Waals surface area (Å²) in [5.74, 6) is -10.0. The van der Waals surface area contributed by atoms with Gasteiger partial charge in [0.05, 0.1) is 78.2 Å². The molecule has 10 heterocycles. The first-order valence-electron chi connectivity index (χ1n) is 41.8. The van der Waals surface area contributed by atoms with Gasteiger partial charge in [0, 0.05) is 41.0 Å². The van der Waals surface area contributed by atoms with Gasteiger partial charge in [-0.05, 0) is 0 Å². The van der Waals surface area contributed by atoms with Crippen molar-refractivity contribution in [3.63, 3.8) is 0 Å². The lowest BCUT2D eigenvalue weighted by Gasteiger charge is -2.52. The number of aliphatic carboxylic acids is 1. The number of rotatable bonds is 36. The van der Waals surface area contributed by atoms with E-state index in [0.717, 1.165) is 34.6 Å². The Morgan fingerprint density at radius 1 is 0.311 bits per heavy atom. The number of hydrogen-bond acceptors (Lipinski definition) is 53. The summed E-state index contributed by atoms with van der Waals surface area (Å²) < 4.78 is 114. The summed E-state index contributed by atoms with van der Waals surface area (Å²) in [5.41, 5.74) is 0. The Morgan fingerprint density at radius 3 is 1.11 bits per heavy atom. The summed E-state index contributed by atoms with van der Waals surface area (Å²) in [5, 5.41) is 337. The van der Waals surface area contributed by atoms with Gasteiger partial charge in [-0.3, -0.25) is 24.0 Å². The highest BCUT2D eigenvalue weighted by Gasteiger charge is 2.64. The van der Waals surface area contributed by atoms with Crippen LogP contribution in [0.3, 0.4) is 0 Å². The minimum absolute atomic E-state index is 0.829. The van der Waals surface area contributed by atoms with E-state index in [-0.39, 0.29) is 0 Å².